The molecule has 1 saturated heterocycles. The van der Waals surface area contributed by atoms with E-state index in [1.165, 1.54) is 22.0 Å². The number of hydrogen-bond donors (Lipinski definition) is 2. The first-order valence-corrected chi connectivity index (χ1v) is 24.8. The molecule has 2 aliphatic heterocycles. The van der Waals surface area contributed by atoms with E-state index in [0.717, 1.165) is 34.0 Å². The first kappa shape index (κ1) is 52.0. The number of carbonyl (C=O) groups is 4. The number of nitrogens with zero attached hydrogens (tertiary/aromatic N) is 4. The number of methoxy groups -OCH3 is 3. The summed E-state index contributed by atoms with van der Waals surface area (Å²) in [7, 11) is 4.77. The highest BCUT2D eigenvalue weighted by Gasteiger charge is 2.54. The molecule has 4 aromatic carbocycles. The van der Waals surface area contributed by atoms with E-state index in [-0.39, 0.29) is 47.8 Å². The Morgan fingerprint density at radius 1 is 0.824 bits per heavy atom. The molecule has 3 N–H and O–H groups in total. The maximum atomic E-state index is 14.1. The molecule has 2 amide bonds. The van der Waals surface area contributed by atoms with Gasteiger partial charge in [0, 0.05) is 22.8 Å². The zero-order valence-corrected chi connectivity index (χ0v) is 42.8. The number of hydrogen-bond acceptors (Lipinski definition) is 19. The van der Waals surface area contributed by atoms with Gasteiger partial charge in [0.05, 0.1) is 21.3 Å². The molecule has 0 radical (unpaired) electrons. The smallest absolute Gasteiger partial charge is 0.355 e. The lowest BCUT2D eigenvalue weighted by Gasteiger charge is -2.49. The molecule has 0 saturated carbocycles. The number of nitrogens with one attached hydrogen (secondary N) is 1. The molecule has 2 aromatic heterocycles. The van der Waals surface area contributed by atoms with Crippen molar-refractivity contribution in [1.82, 2.24) is 20.4 Å². The van der Waals surface area contributed by atoms with Gasteiger partial charge >= 0.3 is 11.9 Å². The van der Waals surface area contributed by atoms with Crippen molar-refractivity contribution < 1.29 is 61.7 Å². The van der Waals surface area contributed by atoms with Crippen molar-refractivity contribution in [2.75, 3.05) is 39.4 Å². The molecule has 0 aliphatic carbocycles. The first-order valence-electron chi connectivity index (χ1n) is 22.9. The number of allylic oxidation sites excluding steroid dienone is 1. The summed E-state index contributed by atoms with van der Waals surface area (Å²) in [6.07, 6.45) is 3.30. The highest BCUT2D eigenvalue weighted by atomic mass is 32.2. The van der Waals surface area contributed by atoms with Gasteiger partial charge in [0.2, 0.25) is 6.61 Å². The van der Waals surface area contributed by atoms with E-state index < -0.39 is 47.4 Å². The topological polar surface area (TPSA) is 235 Å². The van der Waals surface area contributed by atoms with Gasteiger partial charge in [0.15, 0.2) is 28.1 Å². The quantitative estimate of drug-likeness (QED) is 0.0304. The van der Waals surface area contributed by atoms with E-state index in [1.54, 1.807) is 90.7 Å². The van der Waals surface area contributed by atoms with Crippen LogP contribution in [0.3, 0.4) is 0 Å². The number of benzene rings is 4. The van der Waals surface area contributed by atoms with Crippen molar-refractivity contribution in [2.24, 2.45) is 5.16 Å². The SMILES string of the molecule is COc1ccc(COC(=O)C2=C(/C=C/c3cc(-c4ccc(OCc5ccc(OC)cc5)c(OCc5ccc(OC)cc5)c4)no3)CS[C@@H]3[C@H](NC(=O)/C(=N\OCC(=O)OC(C)(C)C)c4csc(N)n4)C(=O)N23)cc1. The highest BCUT2D eigenvalue weighted by Crippen LogP contribution is 2.42. The van der Waals surface area contributed by atoms with Crippen LogP contribution in [0.15, 0.2) is 129 Å². The molecule has 0 spiro atoms. The molecular formula is C53H52N6O13S2. The van der Waals surface area contributed by atoms with E-state index in [2.05, 4.69) is 20.6 Å². The lowest BCUT2D eigenvalue weighted by molar-refractivity contribution is -0.160. The summed E-state index contributed by atoms with van der Waals surface area (Å²) in [5, 5.41) is 11.8. The molecular weight excluding hydrogens is 993 g/mol. The number of oxime groups is 1. The Morgan fingerprint density at radius 2 is 1.43 bits per heavy atom. The molecule has 8 rings (SSSR count). The second kappa shape index (κ2) is 23.5. The van der Waals surface area contributed by atoms with Crippen LogP contribution in [0.2, 0.25) is 0 Å². The second-order valence-electron chi connectivity index (χ2n) is 17.4. The number of β-lactam (4-membered cyclic amide) rings is 1. The molecule has 4 heterocycles. The van der Waals surface area contributed by atoms with Crippen LogP contribution in [-0.4, -0.2) is 95.2 Å². The molecule has 74 heavy (non-hydrogen) atoms. The van der Waals surface area contributed by atoms with Crippen molar-refractivity contribution in [3.05, 3.63) is 148 Å². The van der Waals surface area contributed by atoms with Crippen molar-refractivity contribution in [1.29, 1.82) is 0 Å². The largest absolute Gasteiger partial charge is 0.497 e. The molecule has 2 atom stereocenters. The number of nitrogens with two attached hydrogens (primary N) is 1. The number of thioether (sulfide) groups is 1. The Morgan fingerprint density at radius 3 is 2.01 bits per heavy atom. The van der Waals surface area contributed by atoms with Crippen molar-refractivity contribution >= 4 is 63.8 Å². The number of thiazole rings is 1. The third-order valence-electron chi connectivity index (χ3n) is 11.1. The fraction of sp³-hybridized carbons (Fsp3) is 0.264. The third kappa shape index (κ3) is 13.0. The van der Waals surface area contributed by atoms with E-state index in [1.807, 2.05) is 60.7 Å². The number of anilines is 1. The number of nitrogen functional groups attached to an aromatic ring is 1. The number of carbonyl (C=O) groups excluding carboxylic acids is 4. The number of fused-ring (bicyclic) bond motifs is 1. The average Bonchev–Trinajstić information content (AvgIpc) is 4.08. The van der Waals surface area contributed by atoms with Gasteiger partial charge in [0.1, 0.15) is 71.2 Å². The molecule has 21 heteroatoms. The Hall–Kier alpha value is -8.30. The molecule has 2 aliphatic rings. The average molecular weight is 1050 g/mol. The number of amides is 2. The Balaban J connectivity index is 1.02. The van der Waals surface area contributed by atoms with Gasteiger partial charge in [-0.05, 0) is 104 Å². The maximum absolute atomic E-state index is 14.1. The minimum atomic E-state index is -1.10. The normalized spacial score (nSPS) is 15.5. The van der Waals surface area contributed by atoms with Crippen molar-refractivity contribution in [3.8, 4) is 40.0 Å². The Kier molecular flexibility index (Phi) is 16.5. The van der Waals surface area contributed by atoms with Gasteiger partial charge in [-0.1, -0.05) is 52.8 Å². The maximum Gasteiger partial charge on any atom is 0.355 e. The number of esters is 2. The predicted octanol–water partition coefficient (Wildman–Crippen LogP) is 7.74. The van der Waals surface area contributed by atoms with Crippen LogP contribution in [0.25, 0.3) is 17.3 Å². The summed E-state index contributed by atoms with van der Waals surface area (Å²) in [6, 6.07) is 28.2. The summed E-state index contributed by atoms with van der Waals surface area (Å²) >= 11 is 2.37. The fourth-order valence-electron chi connectivity index (χ4n) is 7.38. The van der Waals surface area contributed by atoms with E-state index in [0.29, 0.717) is 45.4 Å². The molecule has 19 nitrogen and oxygen atoms in total. The van der Waals surface area contributed by atoms with Crippen LogP contribution in [-0.2, 0) is 53.3 Å². The van der Waals surface area contributed by atoms with Gasteiger partial charge in [-0.3, -0.25) is 14.5 Å². The van der Waals surface area contributed by atoms with Crippen LogP contribution in [0.4, 0.5) is 5.13 Å². The monoisotopic (exact) mass is 1040 g/mol. The Labute approximate surface area is 434 Å². The van der Waals surface area contributed by atoms with Gasteiger partial charge in [-0.15, -0.1) is 23.1 Å². The second-order valence-corrected chi connectivity index (χ2v) is 19.4. The summed E-state index contributed by atoms with van der Waals surface area (Å²) in [4.78, 5) is 65.0. The minimum Gasteiger partial charge on any atom is -0.497 e. The molecule has 384 valence electrons. The van der Waals surface area contributed by atoms with Gasteiger partial charge in [-0.2, -0.15) is 0 Å². The number of ether oxygens (including phenoxy) is 7. The third-order valence-corrected chi connectivity index (χ3v) is 13.0. The van der Waals surface area contributed by atoms with Crippen LogP contribution in [0, 0.1) is 0 Å². The van der Waals surface area contributed by atoms with Crippen LogP contribution < -0.4 is 34.7 Å². The zero-order chi connectivity index (χ0) is 52.4. The van der Waals surface area contributed by atoms with Gasteiger partial charge in [-0.25, -0.2) is 14.6 Å². The van der Waals surface area contributed by atoms with E-state index in [4.69, 9.17) is 48.3 Å². The first-order chi connectivity index (χ1) is 35.7. The summed E-state index contributed by atoms with van der Waals surface area (Å²) in [6.45, 7) is 4.91. The highest BCUT2D eigenvalue weighted by molar-refractivity contribution is 8.00. The number of rotatable bonds is 21. The number of aromatic nitrogens is 2. The zero-order valence-electron chi connectivity index (χ0n) is 41.1. The lowest BCUT2D eigenvalue weighted by Crippen LogP contribution is -2.71. The molecule has 0 bridgehead atoms. The van der Waals surface area contributed by atoms with Gasteiger partial charge < -0.3 is 53.6 Å². The van der Waals surface area contributed by atoms with E-state index >= 15 is 0 Å². The van der Waals surface area contributed by atoms with Crippen LogP contribution in [0.5, 0.6) is 28.7 Å². The Bertz CT molecular complexity index is 3070. The minimum absolute atomic E-state index is 0.0144. The summed E-state index contributed by atoms with van der Waals surface area (Å²) < 4.78 is 45.3. The van der Waals surface area contributed by atoms with Gasteiger partial charge in [0.25, 0.3) is 11.8 Å². The van der Waals surface area contributed by atoms with Crippen LogP contribution >= 0.6 is 23.1 Å². The van der Waals surface area contributed by atoms with E-state index in [9.17, 15) is 19.2 Å². The van der Waals surface area contributed by atoms with Crippen LogP contribution in [0.1, 0.15) is 48.9 Å². The van der Waals surface area contributed by atoms with Crippen molar-refractivity contribution in [2.45, 2.75) is 57.6 Å². The van der Waals surface area contributed by atoms with Crippen molar-refractivity contribution in [3.63, 3.8) is 0 Å². The predicted molar refractivity (Wildman–Crippen MR) is 275 cm³/mol. The summed E-state index contributed by atoms with van der Waals surface area (Å²) in [5.41, 5.74) is 8.94. The molecule has 6 aromatic rings. The standard InChI is InChI=1S/C53H52N6O13S2/c1-53(2,3)71-44(60)28-70-58-45(41-30-74-52(54)55-41)48(61)56-46-49(62)59-47(51(63)69-27-33-11-19-38(66-6)20-12-33)35(29-73-50(46)59)13-21-39-24-40(57-72-39)34-14-22-42(67-25-31-7-15-36(64-4)16-8-31)43(23-34)68-26-32-9-17-37(65-5)18-10-32/h7-24,30,46,50H,25-29H2,1-6H3,(H2,54,55)(H,56,61)/b21-13+,58-45-/t46-,50-/m1/s1. The lowest BCUT2D eigenvalue weighted by atomic mass is 10.0. The summed E-state index contributed by atoms with van der Waals surface area (Å²) in [5.74, 6) is 0.739. The molecule has 1 fully saturated rings. The fourth-order valence-corrected chi connectivity index (χ4v) is 9.25. The molecule has 0 unspecified atom stereocenters.